The molecule has 11 nitrogen and oxygen atoms in total. The molecule has 3 aromatic rings. The van der Waals surface area contributed by atoms with Crippen molar-refractivity contribution in [1.82, 2.24) is 14.6 Å². The lowest BCUT2D eigenvalue weighted by atomic mass is 9.94. The van der Waals surface area contributed by atoms with E-state index in [4.69, 9.17) is 4.74 Å². The number of anilines is 1. The third-order valence-electron chi connectivity index (χ3n) is 7.40. The highest BCUT2D eigenvalue weighted by atomic mass is 32.2. The molecule has 1 N–H and O–H groups in total. The van der Waals surface area contributed by atoms with Crippen molar-refractivity contribution in [3.05, 3.63) is 58.1 Å². The highest BCUT2D eigenvalue weighted by molar-refractivity contribution is 7.89. The molecule has 1 saturated heterocycles. The zero-order valence-corrected chi connectivity index (χ0v) is 23.9. The van der Waals surface area contributed by atoms with Gasteiger partial charge in [-0.15, -0.1) is 0 Å². The van der Waals surface area contributed by atoms with Crippen LogP contribution in [-0.4, -0.2) is 74.1 Å². The van der Waals surface area contributed by atoms with Gasteiger partial charge in [0.2, 0.25) is 15.9 Å². The van der Waals surface area contributed by atoms with Gasteiger partial charge in [-0.1, -0.05) is 11.3 Å². The SMILES string of the molecule is O=C(COC1CCC(NS(=O)(=O)c2ccc([N+](=O)[O-])cc2)CC1)N1CCN(c2nc3cc(C(F)(F)F)ccc3s2)CC1. The lowest BCUT2D eigenvalue weighted by Crippen LogP contribution is -2.50. The number of hydrogen-bond donors (Lipinski definition) is 1. The zero-order valence-electron chi connectivity index (χ0n) is 22.2. The molecule has 0 bridgehead atoms. The molecule has 0 radical (unpaired) electrons. The molecular formula is C26H28F3N5O6S2. The standard InChI is InChI=1S/C26H28F3N5O6S2/c27-26(28,29)17-1-10-23-22(15-17)30-25(41-23)33-13-11-32(12-14-33)24(35)16-40-20-6-2-18(3-7-20)31-42(38,39)21-8-4-19(5-9-21)34(36)37/h1,4-5,8-10,15,18,20,31H,2-3,6-7,11-14,16H2. The number of amides is 1. The maximum Gasteiger partial charge on any atom is 0.416 e. The molecule has 2 fully saturated rings. The van der Waals surface area contributed by atoms with E-state index in [9.17, 15) is 36.5 Å². The number of halogens is 3. The van der Waals surface area contributed by atoms with E-state index >= 15 is 0 Å². The van der Waals surface area contributed by atoms with Gasteiger partial charge in [0.15, 0.2) is 5.13 Å². The Balaban J connectivity index is 1.05. The summed E-state index contributed by atoms with van der Waals surface area (Å²) in [6, 6.07) is 7.91. The first kappa shape index (κ1) is 30.1. The summed E-state index contributed by atoms with van der Waals surface area (Å²) in [6.07, 6.45) is -2.42. The van der Waals surface area contributed by atoms with Crippen molar-refractivity contribution in [2.75, 3.05) is 37.7 Å². The first-order valence-electron chi connectivity index (χ1n) is 13.3. The van der Waals surface area contributed by atoms with Gasteiger partial charge < -0.3 is 14.5 Å². The molecule has 2 aromatic carbocycles. The first-order valence-corrected chi connectivity index (χ1v) is 15.6. The number of nitrogens with one attached hydrogen (secondary N) is 1. The highest BCUT2D eigenvalue weighted by Gasteiger charge is 2.32. The van der Waals surface area contributed by atoms with Crippen molar-refractivity contribution in [1.29, 1.82) is 0 Å². The van der Waals surface area contributed by atoms with E-state index in [2.05, 4.69) is 9.71 Å². The van der Waals surface area contributed by atoms with E-state index in [1.54, 1.807) is 4.90 Å². The fraction of sp³-hybridized carbons (Fsp3) is 0.462. The van der Waals surface area contributed by atoms with E-state index in [1.165, 1.54) is 29.5 Å². The minimum atomic E-state index is -4.43. The number of alkyl halides is 3. The van der Waals surface area contributed by atoms with Crippen LogP contribution in [0.3, 0.4) is 0 Å². The van der Waals surface area contributed by atoms with Crippen molar-refractivity contribution in [3.63, 3.8) is 0 Å². The fourth-order valence-corrected chi connectivity index (χ4v) is 7.34. The van der Waals surface area contributed by atoms with E-state index in [1.807, 2.05) is 4.90 Å². The van der Waals surface area contributed by atoms with E-state index in [-0.39, 0.29) is 35.2 Å². The molecule has 1 amide bonds. The van der Waals surface area contributed by atoms with Crippen LogP contribution in [-0.2, 0) is 25.7 Å². The maximum atomic E-state index is 13.0. The molecule has 1 saturated carbocycles. The highest BCUT2D eigenvalue weighted by Crippen LogP contribution is 2.35. The number of carbonyl (C=O) groups excluding carboxylic acids is 1. The monoisotopic (exact) mass is 627 g/mol. The van der Waals surface area contributed by atoms with Crippen molar-refractivity contribution >= 4 is 48.3 Å². The molecule has 0 unspecified atom stereocenters. The summed E-state index contributed by atoms with van der Waals surface area (Å²) >= 11 is 1.32. The number of thiazole rings is 1. The fourth-order valence-electron chi connectivity index (χ4n) is 5.04. The Hall–Kier alpha value is -3.34. The number of benzene rings is 2. The van der Waals surface area contributed by atoms with Crippen LogP contribution in [0, 0.1) is 10.1 Å². The summed E-state index contributed by atoms with van der Waals surface area (Å²) < 4.78 is 73.5. The van der Waals surface area contributed by atoms with E-state index < -0.39 is 26.7 Å². The number of carbonyl (C=O) groups is 1. The number of nitrogens with zero attached hydrogens (tertiary/aromatic N) is 4. The van der Waals surface area contributed by atoms with Gasteiger partial charge in [0.05, 0.1) is 31.7 Å². The normalized spacial score (nSPS) is 20.2. The largest absolute Gasteiger partial charge is 0.416 e. The molecule has 226 valence electrons. The number of rotatable bonds is 8. The summed E-state index contributed by atoms with van der Waals surface area (Å²) in [5.74, 6) is -0.158. The molecule has 0 spiro atoms. The number of sulfonamides is 1. The Labute approximate surface area is 243 Å². The molecule has 2 aliphatic rings. The maximum absolute atomic E-state index is 13.0. The summed E-state index contributed by atoms with van der Waals surface area (Å²) in [7, 11) is -3.83. The lowest BCUT2D eigenvalue weighted by molar-refractivity contribution is -0.384. The van der Waals surface area contributed by atoms with Crippen LogP contribution >= 0.6 is 11.3 Å². The van der Waals surface area contributed by atoms with Gasteiger partial charge in [0.1, 0.15) is 6.61 Å². The van der Waals surface area contributed by atoms with Crippen molar-refractivity contribution < 1.29 is 36.0 Å². The van der Waals surface area contributed by atoms with Crippen molar-refractivity contribution in [3.8, 4) is 0 Å². The van der Waals surface area contributed by atoms with Crippen LogP contribution in [0.2, 0.25) is 0 Å². The molecule has 1 aromatic heterocycles. The number of nitro benzene ring substituents is 1. The Bertz CT molecular complexity index is 1550. The lowest BCUT2D eigenvalue weighted by Gasteiger charge is -2.35. The van der Waals surface area contributed by atoms with Crippen LogP contribution in [0.15, 0.2) is 47.4 Å². The predicted octanol–water partition coefficient (Wildman–Crippen LogP) is 4.18. The molecule has 2 heterocycles. The smallest absolute Gasteiger partial charge is 0.368 e. The minimum absolute atomic E-state index is 0.0455. The Kier molecular flexibility index (Phi) is 8.68. The average Bonchev–Trinajstić information content (AvgIpc) is 3.40. The van der Waals surface area contributed by atoms with Gasteiger partial charge in [-0.05, 0) is 56.0 Å². The summed E-state index contributed by atoms with van der Waals surface area (Å²) in [5.41, 5.74) is -0.632. The van der Waals surface area contributed by atoms with Gasteiger partial charge in [-0.3, -0.25) is 14.9 Å². The van der Waals surface area contributed by atoms with Gasteiger partial charge >= 0.3 is 6.18 Å². The van der Waals surface area contributed by atoms with Crippen LogP contribution in [0.4, 0.5) is 24.0 Å². The minimum Gasteiger partial charge on any atom is -0.368 e. The van der Waals surface area contributed by atoms with Crippen LogP contribution in [0.1, 0.15) is 31.2 Å². The third-order valence-corrected chi connectivity index (χ3v) is 10.0. The summed E-state index contributed by atoms with van der Waals surface area (Å²) in [6.45, 7) is 1.77. The average molecular weight is 628 g/mol. The summed E-state index contributed by atoms with van der Waals surface area (Å²) in [5, 5.41) is 11.4. The second-order valence-corrected chi connectivity index (χ2v) is 12.9. The quantitative estimate of drug-likeness (QED) is 0.290. The Morgan fingerprint density at radius 2 is 1.74 bits per heavy atom. The molecule has 1 aliphatic heterocycles. The topological polar surface area (TPSA) is 135 Å². The number of aromatic nitrogens is 1. The third kappa shape index (κ3) is 6.99. The predicted molar refractivity (Wildman–Crippen MR) is 149 cm³/mol. The first-order chi connectivity index (χ1) is 19.9. The zero-order chi connectivity index (χ0) is 30.1. The second kappa shape index (κ2) is 12.1. The molecule has 1 aliphatic carbocycles. The number of nitro groups is 1. The molecule has 16 heteroatoms. The number of fused-ring (bicyclic) bond motifs is 1. The van der Waals surface area contributed by atoms with Crippen molar-refractivity contribution in [2.24, 2.45) is 0 Å². The van der Waals surface area contributed by atoms with E-state index in [0.717, 1.165) is 24.3 Å². The summed E-state index contributed by atoms with van der Waals surface area (Å²) in [4.78, 5) is 30.9. The van der Waals surface area contributed by atoms with Crippen molar-refractivity contribution in [2.45, 2.75) is 48.9 Å². The number of hydrogen-bond acceptors (Lipinski definition) is 9. The van der Waals surface area contributed by atoms with Crippen LogP contribution in [0.25, 0.3) is 10.2 Å². The number of piperazine rings is 1. The van der Waals surface area contributed by atoms with Gasteiger partial charge in [-0.2, -0.15) is 13.2 Å². The van der Waals surface area contributed by atoms with Crippen LogP contribution < -0.4 is 9.62 Å². The van der Waals surface area contributed by atoms with Gasteiger partial charge in [0, 0.05) is 44.4 Å². The molecule has 42 heavy (non-hydrogen) atoms. The van der Waals surface area contributed by atoms with Gasteiger partial charge in [-0.25, -0.2) is 18.1 Å². The number of non-ortho nitro benzene ring substituents is 1. The Morgan fingerprint density at radius 1 is 1.07 bits per heavy atom. The second-order valence-electron chi connectivity index (χ2n) is 10.2. The molecular weight excluding hydrogens is 599 g/mol. The molecule has 5 rings (SSSR count). The molecule has 0 atom stereocenters. The number of ether oxygens (including phenoxy) is 1. The Morgan fingerprint density at radius 3 is 2.36 bits per heavy atom. The van der Waals surface area contributed by atoms with Crippen LogP contribution in [0.5, 0.6) is 0 Å². The van der Waals surface area contributed by atoms with E-state index in [0.29, 0.717) is 67.2 Å². The van der Waals surface area contributed by atoms with Gasteiger partial charge in [0.25, 0.3) is 5.69 Å².